The fourth-order valence-electron chi connectivity index (χ4n) is 4.33. The number of aryl methyl sites for hydroxylation is 1. The van der Waals surface area contributed by atoms with Crippen LogP contribution in [0.1, 0.15) is 41.2 Å². The van der Waals surface area contributed by atoms with Gasteiger partial charge in [-0.2, -0.15) is 0 Å². The van der Waals surface area contributed by atoms with Gasteiger partial charge in [0, 0.05) is 30.6 Å². The van der Waals surface area contributed by atoms with Gasteiger partial charge in [0.25, 0.3) is 5.91 Å². The number of hydrogen-bond donors (Lipinski definition) is 2. The Kier molecular flexibility index (Phi) is 6.70. The Bertz CT molecular complexity index is 1280. The molecule has 4 aromatic rings. The van der Waals surface area contributed by atoms with Crippen molar-refractivity contribution in [3.8, 4) is 11.4 Å². The molecule has 1 aliphatic rings. The molecule has 178 valence electrons. The molecule has 0 spiro atoms. The van der Waals surface area contributed by atoms with Gasteiger partial charge >= 0.3 is 0 Å². The van der Waals surface area contributed by atoms with Crippen LogP contribution >= 0.6 is 0 Å². The molecule has 0 saturated carbocycles. The summed E-state index contributed by atoms with van der Waals surface area (Å²) in [5.41, 5.74) is 2.53. The van der Waals surface area contributed by atoms with Crippen molar-refractivity contribution in [1.29, 1.82) is 0 Å². The third-order valence-corrected chi connectivity index (χ3v) is 6.17. The number of furan rings is 1. The van der Waals surface area contributed by atoms with Gasteiger partial charge < -0.3 is 19.6 Å². The van der Waals surface area contributed by atoms with E-state index in [2.05, 4.69) is 25.4 Å². The molecule has 2 N–H and O–H groups in total. The van der Waals surface area contributed by atoms with Gasteiger partial charge in [-0.15, -0.1) is 10.2 Å². The van der Waals surface area contributed by atoms with Crippen LogP contribution in [-0.2, 0) is 24.2 Å². The molecule has 0 bridgehead atoms. The van der Waals surface area contributed by atoms with E-state index in [1.807, 2.05) is 54.6 Å². The highest BCUT2D eigenvalue weighted by Crippen LogP contribution is 2.24. The van der Waals surface area contributed by atoms with E-state index in [4.69, 9.17) is 4.42 Å². The largest absolute Gasteiger partial charge is 0.459 e. The molecule has 2 aromatic heterocycles. The molecule has 0 aliphatic carbocycles. The Hall–Kier alpha value is -4.20. The minimum Gasteiger partial charge on any atom is -0.459 e. The van der Waals surface area contributed by atoms with Crippen LogP contribution in [0.15, 0.2) is 77.4 Å². The number of anilines is 1. The predicted molar refractivity (Wildman–Crippen MR) is 132 cm³/mol. The lowest BCUT2D eigenvalue weighted by Gasteiger charge is -2.18. The van der Waals surface area contributed by atoms with Gasteiger partial charge in [-0.25, -0.2) is 0 Å². The molecule has 8 heteroatoms. The second kappa shape index (κ2) is 10.4. The average molecular weight is 470 g/mol. The number of benzene rings is 2. The normalized spacial score (nSPS) is 13.9. The Balaban J connectivity index is 1.31. The lowest BCUT2D eigenvalue weighted by molar-refractivity contribution is -0.118. The number of amides is 2. The van der Waals surface area contributed by atoms with Crippen LogP contribution in [0.3, 0.4) is 0 Å². The highest BCUT2D eigenvalue weighted by atomic mass is 16.3. The van der Waals surface area contributed by atoms with Crippen LogP contribution in [0.2, 0.25) is 0 Å². The Morgan fingerprint density at radius 2 is 1.77 bits per heavy atom. The summed E-state index contributed by atoms with van der Waals surface area (Å²) >= 11 is 0. The van der Waals surface area contributed by atoms with E-state index >= 15 is 0 Å². The number of carbonyl (C=O) groups is 2. The number of nitrogens with one attached hydrogen (secondary N) is 2. The Morgan fingerprint density at radius 1 is 0.943 bits per heavy atom. The maximum atomic E-state index is 13.2. The second-order valence-corrected chi connectivity index (χ2v) is 8.66. The molecule has 2 amide bonds. The summed E-state index contributed by atoms with van der Waals surface area (Å²) in [7, 11) is 0. The molecule has 0 unspecified atom stereocenters. The van der Waals surface area contributed by atoms with Gasteiger partial charge in [-0.3, -0.25) is 9.59 Å². The Labute approximate surface area is 203 Å². The van der Waals surface area contributed by atoms with E-state index in [1.165, 1.54) is 12.7 Å². The lowest BCUT2D eigenvalue weighted by Crippen LogP contribution is -2.45. The first-order chi connectivity index (χ1) is 17.2. The van der Waals surface area contributed by atoms with Gasteiger partial charge in [-0.05, 0) is 54.8 Å². The van der Waals surface area contributed by atoms with Crippen molar-refractivity contribution in [1.82, 2.24) is 20.1 Å². The standard InChI is InChI=1S/C27H27N5O3/c33-26(22(18-19-8-3-1-4-9-19)29-27(34)23-10-7-17-35-23)28-21-14-12-20(13-15-21)25-31-30-24-11-5-2-6-16-32(24)25/h1,3-4,7-10,12-15,17,22H,2,5-6,11,16,18H2,(H,28,33)(H,29,34)/t22-/m1/s1. The maximum absolute atomic E-state index is 13.2. The third-order valence-electron chi connectivity index (χ3n) is 6.17. The summed E-state index contributed by atoms with van der Waals surface area (Å²) in [4.78, 5) is 25.8. The highest BCUT2D eigenvalue weighted by Gasteiger charge is 2.23. The first-order valence-electron chi connectivity index (χ1n) is 11.9. The first-order valence-corrected chi connectivity index (χ1v) is 11.9. The van der Waals surface area contributed by atoms with E-state index in [0.29, 0.717) is 12.1 Å². The number of aromatic nitrogens is 3. The van der Waals surface area contributed by atoms with E-state index in [1.54, 1.807) is 12.1 Å². The van der Waals surface area contributed by atoms with Crippen LogP contribution in [0.25, 0.3) is 11.4 Å². The number of nitrogens with zero attached hydrogens (tertiary/aromatic N) is 3. The summed E-state index contributed by atoms with van der Waals surface area (Å²) in [6.45, 7) is 0.923. The molecule has 0 fully saturated rings. The molecular weight excluding hydrogens is 442 g/mol. The highest BCUT2D eigenvalue weighted by molar-refractivity contribution is 6.00. The number of rotatable bonds is 7. The maximum Gasteiger partial charge on any atom is 0.287 e. The summed E-state index contributed by atoms with van der Waals surface area (Å²) in [5.74, 6) is 1.30. The molecule has 8 nitrogen and oxygen atoms in total. The van der Waals surface area contributed by atoms with E-state index in [9.17, 15) is 9.59 Å². The van der Waals surface area contributed by atoms with E-state index < -0.39 is 11.9 Å². The van der Waals surface area contributed by atoms with Gasteiger partial charge in [0.2, 0.25) is 5.91 Å². The fraction of sp³-hybridized carbons (Fsp3) is 0.259. The quantitative estimate of drug-likeness (QED) is 0.421. The van der Waals surface area contributed by atoms with Gasteiger partial charge in [-0.1, -0.05) is 36.8 Å². The monoisotopic (exact) mass is 469 g/mol. The zero-order valence-corrected chi connectivity index (χ0v) is 19.3. The smallest absolute Gasteiger partial charge is 0.287 e. The minimum atomic E-state index is -0.776. The molecule has 35 heavy (non-hydrogen) atoms. The average Bonchev–Trinajstić information content (AvgIpc) is 3.50. The fourth-order valence-corrected chi connectivity index (χ4v) is 4.33. The number of carbonyl (C=O) groups excluding carboxylic acids is 2. The molecule has 2 aromatic carbocycles. The molecule has 0 saturated heterocycles. The number of fused-ring (bicyclic) bond motifs is 1. The summed E-state index contributed by atoms with van der Waals surface area (Å²) in [6, 6.07) is 19.6. The Morgan fingerprint density at radius 3 is 2.54 bits per heavy atom. The summed E-state index contributed by atoms with van der Waals surface area (Å²) in [5, 5.41) is 14.5. The van der Waals surface area contributed by atoms with Crippen LogP contribution in [0.4, 0.5) is 5.69 Å². The van der Waals surface area contributed by atoms with Crippen molar-refractivity contribution in [3.05, 3.63) is 90.1 Å². The van der Waals surface area contributed by atoms with E-state index in [-0.39, 0.29) is 11.7 Å². The lowest BCUT2D eigenvalue weighted by atomic mass is 10.0. The SMILES string of the molecule is O=C(N[C@H](Cc1ccccc1)C(=O)Nc1ccc(-c2nnc3n2CCCCC3)cc1)c1ccco1. The molecular formula is C27H27N5O3. The number of hydrogen-bond acceptors (Lipinski definition) is 5. The zero-order chi connectivity index (χ0) is 24.0. The van der Waals surface area contributed by atoms with Crippen molar-refractivity contribution >= 4 is 17.5 Å². The molecule has 0 radical (unpaired) electrons. The minimum absolute atomic E-state index is 0.160. The third kappa shape index (κ3) is 5.32. The van der Waals surface area contributed by atoms with Gasteiger partial charge in [0.05, 0.1) is 6.26 Å². The molecule has 1 aliphatic heterocycles. The second-order valence-electron chi connectivity index (χ2n) is 8.66. The van der Waals surface area contributed by atoms with Crippen LogP contribution in [0, 0.1) is 0 Å². The van der Waals surface area contributed by atoms with Crippen molar-refractivity contribution in [2.45, 2.75) is 44.7 Å². The van der Waals surface area contributed by atoms with Gasteiger partial charge in [0.15, 0.2) is 11.6 Å². The van der Waals surface area contributed by atoms with Crippen molar-refractivity contribution in [3.63, 3.8) is 0 Å². The van der Waals surface area contributed by atoms with Crippen molar-refractivity contribution in [2.75, 3.05) is 5.32 Å². The molecule has 5 rings (SSSR count). The molecule has 3 heterocycles. The summed E-state index contributed by atoms with van der Waals surface area (Å²) in [6.07, 6.45) is 6.20. The van der Waals surface area contributed by atoms with Crippen LogP contribution < -0.4 is 10.6 Å². The van der Waals surface area contributed by atoms with Crippen molar-refractivity contribution < 1.29 is 14.0 Å². The topological polar surface area (TPSA) is 102 Å². The predicted octanol–water partition coefficient (Wildman–Crippen LogP) is 4.24. The van der Waals surface area contributed by atoms with Crippen LogP contribution in [0.5, 0.6) is 0 Å². The summed E-state index contributed by atoms with van der Waals surface area (Å²) < 4.78 is 7.38. The first kappa shape index (κ1) is 22.6. The van der Waals surface area contributed by atoms with E-state index in [0.717, 1.165) is 48.6 Å². The van der Waals surface area contributed by atoms with Crippen molar-refractivity contribution in [2.24, 2.45) is 0 Å². The molecule has 1 atom stereocenters. The van der Waals surface area contributed by atoms with Crippen LogP contribution in [-0.4, -0.2) is 32.6 Å². The zero-order valence-electron chi connectivity index (χ0n) is 19.3. The van der Waals surface area contributed by atoms with Gasteiger partial charge in [0.1, 0.15) is 11.9 Å².